The van der Waals surface area contributed by atoms with Crippen LogP contribution in [0.15, 0.2) is 76.3 Å². The molecule has 6 aromatic rings. The van der Waals surface area contributed by atoms with Crippen LogP contribution in [0.2, 0.25) is 5.15 Å². The van der Waals surface area contributed by atoms with Gasteiger partial charge in [-0.25, -0.2) is 18.7 Å². The van der Waals surface area contributed by atoms with E-state index >= 15 is 4.39 Å². The molecule has 4 aromatic heterocycles. The molecule has 4 N–H and O–H groups in total. The fraction of sp³-hybridized carbons (Fsp3) is 0.400. The van der Waals surface area contributed by atoms with Crippen LogP contribution in [0.25, 0.3) is 21.5 Å². The molecule has 68 heavy (non-hydrogen) atoms. The maximum Gasteiger partial charge on any atom is 0.270 e. The first-order valence-electron chi connectivity index (χ1n) is 23.4. The van der Waals surface area contributed by atoms with Crippen molar-refractivity contribution in [1.82, 2.24) is 40.4 Å². The summed E-state index contributed by atoms with van der Waals surface area (Å²) in [6.45, 7) is 6.05. The molecule has 0 spiro atoms. The molecule has 2 aromatic carbocycles. The van der Waals surface area contributed by atoms with E-state index in [9.17, 15) is 28.0 Å². The molecule has 2 atom stereocenters. The lowest BCUT2D eigenvalue weighted by atomic mass is 9.99. The van der Waals surface area contributed by atoms with Gasteiger partial charge in [0.15, 0.2) is 5.15 Å². The highest BCUT2D eigenvalue weighted by molar-refractivity contribution is 6.32. The first-order valence-corrected chi connectivity index (χ1v) is 23.8. The molecule has 2 amide bonds. The van der Waals surface area contributed by atoms with E-state index in [2.05, 4.69) is 45.3 Å². The van der Waals surface area contributed by atoms with E-state index in [4.69, 9.17) is 11.6 Å². The summed E-state index contributed by atoms with van der Waals surface area (Å²) in [5, 5.41) is 6.63. The van der Waals surface area contributed by atoms with Gasteiger partial charge in [0.25, 0.3) is 22.9 Å². The van der Waals surface area contributed by atoms with Crippen LogP contribution in [0, 0.1) is 17.6 Å². The van der Waals surface area contributed by atoms with E-state index in [1.807, 2.05) is 17.0 Å². The highest BCUT2D eigenvalue weighted by Crippen LogP contribution is 2.35. The fourth-order valence-corrected chi connectivity index (χ4v) is 11.2. The minimum atomic E-state index is -0.674. The molecule has 0 bridgehead atoms. The van der Waals surface area contributed by atoms with Gasteiger partial charge in [0, 0.05) is 88.2 Å². The summed E-state index contributed by atoms with van der Waals surface area (Å²) in [4.78, 5) is 74.4. The Kier molecular flexibility index (Phi) is 12.7. The van der Waals surface area contributed by atoms with E-state index in [1.165, 1.54) is 25.2 Å². The van der Waals surface area contributed by atoms with Gasteiger partial charge in [-0.1, -0.05) is 23.7 Å². The molecule has 10 rings (SSSR count). The van der Waals surface area contributed by atoms with Gasteiger partial charge < -0.3 is 30.4 Å². The standard InChI is InChI=1S/C50H52ClF3N10O4/c1-55-47(65)37-6-8-42(46(54)58-37)62-19-13-34(14-20-62)64-16-10-31(27-64)40-24-32-21-28(22-36(53)44(32)50(68)60-40)25-56-48(66)38-5-7-41(45(51)57-38)61-17-11-33(12-18-61)63-15-9-30(26-63)39-23-29-3-2-4-35(52)43(29)49(67)59-39/h2-8,21-24,30-31,33-34H,9-20,25-27H2,1H3,(H,55,65)(H,56,66)(H,59,67)(H,60,68). The van der Waals surface area contributed by atoms with Crippen LogP contribution in [0.5, 0.6) is 0 Å². The summed E-state index contributed by atoms with van der Waals surface area (Å²) in [6.07, 6.45) is 5.16. The molecular weight excluding hydrogens is 897 g/mol. The van der Waals surface area contributed by atoms with Crippen LogP contribution in [-0.4, -0.2) is 113 Å². The Morgan fingerprint density at radius 3 is 1.81 bits per heavy atom. The van der Waals surface area contributed by atoms with Gasteiger partial charge in [-0.15, -0.1) is 0 Å². The number of amides is 2. The molecule has 8 heterocycles. The van der Waals surface area contributed by atoms with Crippen molar-refractivity contribution in [3.8, 4) is 0 Å². The summed E-state index contributed by atoms with van der Waals surface area (Å²) in [7, 11) is 1.47. The summed E-state index contributed by atoms with van der Waals surface area (Å²) in [5.41, 5.74) is 2.45. The van der Waals surface area contributed by atoms with Crippen molar-refractivity contribution in [2.24, 2.45) is 0 Å². The molecule has 4 fully saturated rings. The number of H-pyrrole nitrogens is 2. The lowest BCUT2D eigenvalue weighted by Crippen LogP contribution is -2.44. The third-order valence-electron chi connectivity index (χ3n) is 14.6. The van der Waals surface area contributed by atoms with Gasteiger partial charge in [0.1, 0.15) is 23.0 Å². The van der Waals surface area contributed by atoms with Crippen LogP contribution in [0.4, 0.5) is 24.5 Å². The number of aromatic amines is 2. The van der Waals surface area contributed by atoms with Crippen LogP contribution < -0.4 is 31.6 Å². The summed E-state index contributed by atoms with van der Waals surface area (Å²) >= 11 is 6.70. The first kappa shape index (κ1) is 45.5. The lowest BCUT2D eigenvalue weighted by molar-refractivity contribution is 0.0942. The monoisotopic (exact) mass is 948 g/mol. The number of benzene rings is 2. The van der Waals surface area contributed by atoms with E-state index < -0.39 is 40.5 Å². The number of fused-ring (bicyclic) bond motifs is 2. The smallest absolute Gasteiger partial charge is 0.270 e. The quantitative estimate of drug-likeness (QED) is 0.113. The van der Waals surface area contributed by atoms with E-state index in [0.29, 0.717) is 41.2 Å². The zero-order valence-corrected chi connectivity index (χ0v) is 38.4. The van der Waals surface area contributed by atoms with E-state index in [0.717, 1.165) is 94.9 Å². The molecular formula is C50H52ClF3N10O4. The first-order chi connectivity index (χ1) is 32.9. The molecule has 4 aliphatic rings. The van der Waals surface area contributed by atoms with Gasteiger partial charge in [0.05, 0.1) is 22.1 Å². The van der Waals surface area contributed by atoms with Crippen molar-refractivity contribution >= 4 is 56.3 Å². The molecule has 0 aliphatic carbocycles. The van der Waals surface area contributed by atoms with Gasteiger partial charge in [-0.2, -0.15) is 4.39 Å². The topological polar surface area (TPSA) is 163 Å². The second-order valence-corrected chi connectivity index (χ2v) is 18.9. The lowest BCUT2D eigenvalue weighted by Gasteiger charge is -2.38. The van der Waals surface area contributed by atoms with Crippen LogP contribution in [0.3, 0.4) is 0 Å². The van der Waals surface area contributed by atoms with Crippen molar-refractivity contribution in [1.29, 1.82) is 0 Å². The number of halogens is 4. The van der Waals surface area contributed by atoms with Crippen molar-refractivity contribution in [3.63, 3.8) is 0 Å². The average molecular weight is 949 g/mol. The Bertz CT molecular complexity index is 3040. The number of carbonyl (C=O) groups excluding carboxylic acids is 2. The Hall–Kier alpha value is -6.30. The number of pyridine rings is 4. The number of likely N-dealkylation sites (tertiary alicyclic amines) is 2. The van der Waals surface area contributed by atoms with E-state index in [-0.39, 0.29) is 51.7 Å². The van der Waals surface area contributed by atoms with Gasteiger partial charge in [0.2, 0.25) is 5.95 Å². The highest BCUT2D eigenvalue weighted by atomic mass is 35.5. The number of nitrogens with one attached hydrogen (secondary N) is 4. The largest absolute Gasteiger partial charge is 0.369 e. The van der Waals surface area contributed by atoms with Crippen molar-refractivity contribution in [3.05, 3.63) is 139 Å². The second kappa shape index (κ2) is 19.0. The zero-order chi connectivity index (χ0) is 47.2. The molecule has 0 radical (unpaired) electrons. The number of hydrogen-bond acceptors (Lipinski definition) is 10. The van der Waals surface area contributed by atoms with Crippen LogP contribution in [-0.2, 0) is 6.54 Å². The van der Waals surface area contributed by atoms with Gasteiger partial charge in [-0.05, 0) is 123 Å². The predicted molar refractivity (Wildman–Crippen MR) is 255 cm³/mol. The normalized spacial score (nSPS) is 19.9. The van der Waals surface area contributed by atoms with Crippen LogP contribution in [0.1, 0.15) is 88.3 Å². The summed E-state index contributed by atoms with van der Waals surface area (Å²) < 4.78 is 44.7. The SMILES string of the molecule is CNC(=O)c1ccc(N2CCC(N3CCC(c4cc5cc(CNC(=O)c6ccc(N7CCC(N8CCC(c9cc%10cccc(F)c%10c(=O)[nH]9)C8)CC7)c(Cl)n6)cc(F)c5c(=O)[nH]4)C3)CC2)c(F)n1. The van der Waals surface area contributed by atoms with Crippen molar-refractivity contribution in [2.75, 3.05) is 69.2 Å². The number of nitrogens with zero attached hydrogens (tertiary/aromatic N) is 6. The second-order valence-electron chi connectivity index (χ2n) is 18.5. The Morgan fingerprint density at radius 1 is 0.662 bits per heavy atom. The number of piperidine rings is 2. The minimum absolute atomic E-state index is 0.00330. The van der Waals surface area contributed by atoms with Gasteiger partial charge >= 0.3 is 0 Å². The van der Waals surface area contributed by atoms with Crippen molar-refractivity contribution in [2.45, 2.75) is 69.0 Å². The summed E-state index contributed by atoms with van der Waals surface area (Å²) in [6, 6.07) is 18.7. The molecule has 354 valence electrons. The van der Waals surface area contributed by atoms with Crippen molar-refractivity contribution < 1.29 is 22.8 Å². The third kappa shape index (κ3) is 9.06. The Labute approximate surface area is 394 Å². The predicted octanol–water partition coefficient (Wildman–Crippen LogP) is 6.44. The van der Waals surface area contributed by atoms with Gasteiger partial charge in [-0.3, -0.25) is 29.0 Å². The number of carbonyl (C=O) groups is 2. The van der Waals surface area contributed by atoms with Crippen LogP contribution >= 0.6 is 11.6 Å². The zero-order valence-electron chi connectivity index (χ0n) is 37.6. The number of hydrogen-bond donors (Lipinski definition) is 4. The average Bonchev–Trinajstić information content (AvgIpc) is 4.05. The van der Waals surface area contributed by atoms with E-state index in [1.54, 1.807) is 36.4 Å². The Morgan fingerprint density at radius 2 is 1.22 bits per heavy atom. The maximum atomic E-state index is 15.5. The fourth-order valence-electron chi connectivity index (χ4n) is 10.9. The number of anilines is 2. The molecule has 2 unspecified atom stereocenters. The number of rotatable bonds is 10. The molecule has 4 aliphatic heterocycles. The number of aromatic nitrogens is 4. The third-order valence-corrected chi connectivity index (χ3v) is 14.9. The molecule has 4 saturated heterocycles. The molecule has 0 saturated carbocycles. The maximum absolute atomic E-state index is 15.5. The Balaban J connectivity index is 0.720. The summed E-state index contributed by atoms with van der Waals surface area (Å²) in [5.74, 6) is -2.58. The minimum Gasteiger partial charge on any atom is -0.369 e. The molecule has 18 heteroatoms. The highest BCUT2D eigenvalue weighted by Gasteiger charge is 2.35. The molecule has 14 nitrogen and oxygen atoms in total.